The van der Waals surface area contributed by atoms with E-state index in [1.807, 2.05) is 19.9 Å². The molecule has 1 atom stereocenters. The summed E-state index contributed by atoms with van der Waals surface area (Å²) in [6.45, 7) is 4.53. The predicted octanol–water partition coefficient (Wildman–Crippen LogP) is 1.19. The van der Waals surface area contributed by atoms with Crippen molar-refractivity contribution < 1.29 is 4.74 Å². The number of fused-ring (bicyclic) bond motifs is 2. The summed E-state index contributed by atoms with van der Waals surface area (Å²) >= 11 is 0. The first kappa shape index (κ1) is 15.0. The van der Waals surface area contributed by atoms with Crippen molar-refractivity contribution in [3.63, 3.8) is 0 Å². The van der Waals surface area contributed by atoms with Gasteiger partial charge in [-0.25, -0.2) is 0 Å². The molecule has 0 radical (unpaired) electrons. The summed E-state index contributed by atoms with van der Waals surface area (Å²) in [7, 11) is 1.72. The molecule has 2 aromatic heterocycles. The van der Waals surface area contributed by atoms with E-state index >= 15 is 0 Å². The molecule has 2 N–H and O–H groups in total. The number of rotatable bonds is 0. The third-order valence-electron chi connectivity index (χ3n) is 4.82. The van der Waals surface area contributed by atoms with Crippen LogP contribution in [0.1, 0.15) is 11.1 Å². The normalized spacial score (nSPS) is 17.1. The minimum absolute atomic E-state index is 0.0980. The van der Waals surface area contributed by atoms with Crippen LogP contribution in [-0.2, 0) is 13.6 Å². The van der Waals surface area contributed by atoms with Gasteiger partial charge in [0.15, 0.2) is 5.75 Å². The smallest absolute Gasteiger partial charge is 0.251 e. The van der Waals surface area contributed by atoms with Gasteiger partial charge in [-0.3, -0.25) is 9.59 Å². The molecular weight excluding hydrogens is 306 g/mol. The highest BCUT2D eigenvalue weighted by Crippen LogP contribution is 2.37. The third kappa shape index (κ3) is 1.93. The summed E-state index contributed by atoms with van der Waals surface area (Å²) in [5.41, 5.74) is 9.10. The van der Waals surface area contributed by atoms with Crippen LogP contribution in [0.25, 0.3) is 21.8 Å². The highest BCUT2D eigenvalue weighted by Gasteiger charge is 2.23. The van der Waals surface area contributed by atoms with Gasteiger partial charge in [-0.15, -0.1) is 0 Å². The van der Waals surface area contributed by atoms with Crippen LogP contribution in [0.4, 0.5) is 0 Å². The molecule has 124 valence electrons. The number of hydrogen-bond donors (Lipinski definition) is 1. The summed E-state index contributed by atoms with van der Waals surface area (Å²) in [5.74, 6) is 0.569. The van der Waals surface area contributed by atoms with Crippen molar-refractivity contribution in [3.05, 3.63) is 50.0 Å². The number of pyridine rings is 2. The summed E-state index contributed by atoms with van der Waals surface area (Å²) in [6, 6.07) is 5.01. The minimum atomic E-state index is -0.280. The van der Waals surface area contributed by atoms with E-state index in [4.69, 9.17) is 10.5 Å². The van der Waals surface area contributed by atoms with Crippen molar-refractivity contribution in [3.8, 4) is 5.75 Å². The lowest BCUT2D eigenvalue weighted by molar-refractivity contribution is 0.291. The Morgan fingerprint density at radius 1 is 1.04 bits per heavy atom. The van der Waals surface area contributed by atoms with Gasteiger partial charge in [0.2, 0.25) is 0 Å². The van der Waals surface area contributed by atoms with Crippen LogP contribution in [0.15, 0.2) is 27.8 Å². The molecule has 6 heteroatoms. The Hall–Kier alpha value is -2.60. The number of benzene rings is 1. The molecule has 1 aromatic carbocycles. The van der Waals surface area contributed by atoms with Gasteiger partial charge >= 0.3 is 0 Å². The van der Waals surface area contributed by atoms with E-state index in [0.29, 0.717) is 24.4 Å². The van der Waals surface area contributed by atoms with Crippen LogP contribution in [-0.4, -0.2) is 21.8 Å². The van der Waals surface area contributed by atoms with Gasteiger partial charge in [-0.1, -0.05) is 0 Å². The number of aromatic nitrogens is 2. The highest BCUT2D eigenvalue weighted by atomic mass is 16.5. The molecule has 3 heterocycles. The molecule has 0 saturated heterocycles. The second-order valence-corrected chi connectivity index (χ2v) is 6.57. The monoisotopic (exact) mass is 325 g/mol. The van der Waals surface area contributed by atoms with Crippen molar-refractivity contribution in [1.29, 1.82) is 0 Å². The average Bonchev–Trinajstić information content (AvgIpc) is 2.70. The topological polar surface area (TPSA) is 79.2 Å². The molecule has 0 saturated carbocycles. The van der Waals surface area contributed by atoms with Crippen LogP contribution in [0.5, 0.6) is 5.75 Å². The zero-order chi connectivity index (χ0) is 17.2. The first-order valence-corrected chi connectivity index (χ1v) is 7.94. The molecule has 1 unspecified atom stereocenters. The van der Waals surface area contributed by atoms with Crippen LogP contribution in [0, 0.1) is 13.8 Å². The maximum atomic E-state index is 12.5. The summed E-state index contributed by atoms with van der Waals surface area (Å²) in [6.07, 6.45) is 0. The number of hydrogen-bond acceptors (Lipinski definition) is 4. The first-order valence-electron chi connectivity index (χ1n) is 7.94. The van der Waals surface area contributed by atoms with E-state index < -0.39 is 0 Å². The number of nitrogens with zero attached hydrogens (tertiary/aromatic N) is 2. The van der Waals surface area contributed by atoms with E-state index in [2.05, 4.69) is 0 Å². The number of nitrogens with two attached hydrogens (primary N) is 1. The first-order chi connectivity index (χ1) is 11.4. The highest BCUT2D eigenvalue weighted by molar-refractivity contribution is 6.04. The zero-order valence-electron chi connectivity index (χ0n) is 13.9. The largest absolute Gasteiger partial charge is 0.487 e. The summed E-state index contributed by atoms with van der Waals surface area (Å²) < 4.78 is 9.25. The number of ether oxygens (including phenoxy) is 1. The van der Waals surface area contributed by atoms with Crippen molar-refractivity contribution >= 4 is 21.8 Å². The lowest BCUT2D eigenvalue weighted by atomic mass is 10.0. The molecule has 1 aliphatic rings. The van der Waals surface area contributed by atoms with Gasteiger partial charge in [0.1, 0.15) is 6.61 Å². The number of aryl methyl sites for hydroxylation is 3. The Labute approximate surface area is 138 Å². The van der Waals surface area contributed by atoms with Gasteiger partial charge in [-0.05, 0) is 31.0 Å². The molecule has 0 aliphatic carbocycles. The molecule has 4 rings (SSSR count). The van der Waals surface area contributed by atoms with Gasteiger partial charge in [-0.2, -0.15) is 0 Å². The van der Waals surface area contributed by atoms with Gasteiger partial charge in [0.05, 0.1) is 17.1 Å². The van der Waals surface area contributed by atoms with E-state index in [9.17, 15) is 9.59 Å². The van der Waals surface area contributed by atoms with E-state index in [0.717, 1.165) is 27.4 Å². The maximum absolute atomic E-state index is 12.5. The molecule has 0 spiro atoms. The maximum Gasteiger partial charge on any atom is 0.251 e. The van der Waals surface area contributed by atoms with Crippen LogP contribution in [0.3, 0.4) is 0 Å². The molecular formula is C18H19N3O3. The van der Waals surface area contributed by atoms with Crippen LogP contribution in [0.2, 0.25) is 0 Å². The Bertz CT molecular complexity index is 1120. The molecule has 0 bridgehead atoms. The third-order valence-corrected chi connectivity index (χ3v) is 4.82. The molecule has 0 amide bonds. The molecule has 6 nitrogen and oxygen atoms in total. The van der Waals surface area contributed by atoms with E-state index in [-0.39, 0.29) is 17.2 Å². The van der Waals surface area contributed by atoms with Gasteiger partial charge in [0, 0.05) is 36.5 Å². The van der Waals surface area contributed by atoms with Gasteiger partial charge in [0.25, 0.3) is 11.1 Å². The SMILES string of the molecule is Cc1cc(=O)n(C)c2c3c4c(cc12)c(C)cc(=O)n4CC(N)CO3. The minimum Gasteiger partial charge on any atom is -0.487 e. The Morgan fingerprint density at radius 2 is 1.67 bits per heavy atom. The second kappa shape index (κ2) is 4.95. The lowest BCUT2D eigenvalue weighted by Gasteiger charge is -2.17. The fourth-order valence-electron chi connectivity index (χ4n) is 3.56. The molecule has 24 heavy (non-hydrogen) atoms. The Morgan fingerprint density at radius 3 is 2.38 bits per heavy atom. The fraction of sp³-hybridized carbons (Fsp3) is 0.333. The van der Waals surface area contributed by atoms with E-state index in [1.165, 1.54) is 0 Å². The summed E-state index contributed by atoms with van der Waals surface area (Å²) in [4.78, 5) is 24.8. The molecule has 1 aliphatic heterocycles. The zero-order valence-corrected chi connectivity index (χ0v) is 13.9. The predicted molar refractivity (Wildman–Crippen MR) is 93.9 cm³/mol. The van der Waals surface area contributed by atoms with Crippen LogP contribution >= 0.6 is 0 Å². The van der Waals surface area contributed by atoms with Crippen molar-refractivity contribution in [2.45, 2.75) is 26.4 Å². The van der Waals surface area contributed by atoms with Crippen molar-refractivity contribution in [2.75, 3.05) is 6.61 Å². The van der Waals surface area contributed by atoms with E-state index in [1.54, 1.807) is 28.3 Å². The Kier molecular flexibility index (Phi) is 3.08. The summed E-state index contributed by atoms with van der Waals surface area (Å²) in [5, 5.41) is 1.90. The van der Waals surface area contributed by atoms with Crippen LogP contribution < -0.4 is 21.6 Å². The van der Waals surface area contributed by atoms with Crippen molar-refractivity contribution in [1.82, 2.24) is 9.13 Å². The van der Waals surface area contributed by atoms with Crippen molar-refractivity contribution in [2.24, 2.45) is 12.8 Å². The molecule has 0 fully saturated rings. The fourth-order valence-corrected chi connectivity index (χ4v) is 3.56. The average molecular weight is 325 g/mol. The standard InChI is InChI=1S/C18H19N3O3/c1-9-4-14(22)20(3)16-12(9)6-13-10(2)5-15(23)21-7-11(19)8-24-18(16)17(13)21/h4-6,11H,7-8,19H2,1-3H3. The molecule has 3 aromatic rings. The Balaban J connectivity index is 2.35. The second-order valence-electron chi connectivity index (χ2n) is 6.57. The van der Waals surface area contributed by atoms with Gasteiger partial charge < -0.3 is 19.6 Å². The quantitative estimate of drug-likeness (QED) is 0.630. The lowest BCUT2D eigenvalue weighted by Crippen LogP contribution is -2.34.